The molecule has 1 atom stereocenters. The van der Waals surface area contributed by atoms with Gasteiger partial charge < -0.3 is 15.6 Å². The van der Waals surface area contributed by atoms with E-state index in [1.54, 1.807) is 12.1 Å². The molecule has 3 N–H and O–H groups in total. The molecule has 1 saturated heterocycles. The number of aromatic nitrogens is 3. The molecule has 0 bridgehead atoms. The molecule has 26 heavy (non-hydrogen) atoms. The molecular weight excluding hydrogens is 350 g/mol. The monoisotopic (exact) mass is 369 g/mol. The molecule has 3 aromatic rings. The zero-order valence-electron chi connectivity index (χ0n) is 14.1. The number of hydrogen-bond donors (Lipinski definition) is 3. The van der Waals surface area contributed by atoms with E-state index in [1.165, 1.54) is 30.4 Å². The normalized spacial score (nSPS) is 17.3. The number of carbonyl (C=O) groups is 2. The zero-order valence-corrected chi connectivity index (χ0v) is 14.9. The van der Waals surface area contributed by atoms with Crippen molar-refractivity contribution < 1.29 is 9.59 Å². The lowest BCUT2D eigenvalue weighted by molar-refractivity contribution is 0.0948. The first kappa shape index (κ1) is 16.9. The van der Waals surface area contributed by atoms with E-state index in [-0.39, 0.29) is 17.5 Å². The molecule has 1 unspecified atom stereocenters. The van der Waals surface area contributed by atoms with Crippen molar-refractivity contribution in [2.24, 2.45) is 0 Å². The van der Waals surface area contributed by atoms with Crippen LogP contribution >= 0.6 is 11.3 Å². The van der Waals surface area contributed by atoms with Gasteiger partial charge in [0.1, 0.15) is 0 Å². The smallest absolute Gasteiger partial charge is 0.253 e. The highest BCUT2D eigenvalue weighted by atomic mass is 32.1. The van der Waals surface area contributed by atoms with Crippen molar-refractivity contribution >= 4 is 34.2 Å². The average Bonchev–Trinajstić information content (AvgIpc) is 3.35. The van der Waals surface area contributed by atoms with Gasteiger partial charge in [0.2, 0.25) is 5.78 Å². The molecule has 1 aliphatic rings. The first-order valence-electron chi connectivity index (χ1n) is 8.67. The summed E-state index contributed by atoms with van der Waals surface area (Å²) in [5.74, 6) is -0.191. The Labute approximate surface area is 154 Å². The van der Waals surface area contributed by atoms with Gasteiger partial charge in [0.05, 0.1) is 16.0 Å². The summed E-state index contributed by atoms with van der Waals surface area (Å²) in [6.45, 7) is 1.58. The molecule has 134 valence electrons. The number of ketones is 1. The van der Waals surface area contributed by atoms with Gasteiger partial charge in [-0.15, -0.1) is 11.3 Å². The Bertz CT molecular complexity index is 928. The van der Waals surface area contributed by atoms with Crippen molar-refractivity contribution in [1.82, 2.24) is 25.6 Å². The van der Waals surface area contributed by atoms with E-state index in [2.05, 4.69) is 25.6 Å². The van der Waals surface area contributed by atoms with Gasteiger partial charge >= 0.3 is 0 Å². The summed E-state index contributed by atoms with van der Waals surface area (Å²) in [5, 5.41) is 8.21. The SMILES string of the molecule is O=C(c1nc2nccc(C(=O)NCC3CCCCN3)c2[nH]1)c1cccs1. The fourth-order valence-electron chi connectivity index (χ4n) is 3.14. The van der Waals surface area contributed by atoms with Crippen LogP contribution in [0.5, 0.6) is 0 Å². The number of imidazole rings is 1. The molecule has 3 aromatic heterocycles. The number of piperidine rings is 1. The van der Waals surface area contributed by atoms with E-state index >= 15 is 0 Å². The number of amides is 1. The summed E-state index contributed by atoms with van der Waals surface area (Å²) in [4.78, 5) is 37.1. The van der Waals surface area contributed by atoms with Crippen molar-refractivity contribution in [2.45, 2.75) is 25.3 Å². The van der Waals surface area contributed by atoms with Gasteiger partial charge in [-0.1, -0.05) is 12.5 Å². The Morgan fingerprint density at radius 3 is 3.00 bits per heavy atom. The fourth-order valence-corrected chi connectivity index (χ4v) is 3.81. The molecule has 7 nitrogen and oxygen atoms in total. The minimum Gasteiger partial charge on any atom is -0.350 e. The third-order valence-electron chi connectivity index (χ3n) is 4.52. The predicted octanol–water partition coefficient (Wildman–Crippen LogP) is 2.12. The number of pyridine rings is 1. The number of nitrogens with one attached hydrogen (secondary N) is 3. The van der Waals surface area contributed by atoms with Crippen LogP contribution in [0.3, 0.4) is 0 Å². The number of hydrogen-bond acceptors (Lipinski definition) is 6. The minimum atomic E-state index is -0.198. The molecule has 0 aromatic carbocycles. The number of H-pyrrole nitrogens is 1. The number of rotatable bonds is 5. The highest BCUT2D eigenvalue weighted by molar-refractivity contribution is 7.12. The summed E-state index contributed by atoms with van der Waals surface area (Å²) in [6, 6.07) is 5.52. The molecule has 0 aliphatic carbocycles. The lowest BCUT2D eigenvalue weighted by Crippen LogP contribution is -2.43. The highest BCUT2D eigenvalue weighted by Gasteiger charge is 2.20. The van der Waals surface area contributed by atoms with E-state index < -0.39 is 0 Å². The summed E-state index contributed by atoms with van der Waals surface area (Å²) < 4.78 is 0. The van der Waals surface area contributed by atoms with E-state index in [9.17, 15) is 9.59 Å². The first-order chi connectivity index (χ1) is 12.7. The number of fused-ring (bicyclic) bond motifs is 1. The molecule has 4 heterocycles. The quantitative estimate of drug-likeness (QED) is 0.598. The second kappa shape index (κ2) is 7.35. The number of aromatic amines is 1. The Balaban J connectivity index is 1.55. The lowest BCUT2D eigenvalue weighted by Gasteiger charge is -2.23. The van der Waals surface area contributed by atoms with Crippen molar-refractivity contribution in [1.29, 1.82) is 0 Å². The van der Waals surface area contributed by atoms with Crippen LogP contribution in [0.15, 0.2) is 29.8 Å². The summed E-state index contributed by atoms with van der Waals surface area (Å²) in [5.41, 5.74) is 1.30. The van der Waals surface area contributed by atoms with Crippen LogP contribution in [0.4, 0.5) is 0 Å². The van der Waals surface area contributed by atoms with Crippen molar-refractivity contribution in [3.8, 4) is 0 Å². The second-order valence-corrected chi connectivity index (χ2v) is 7.25. The van der Waals surface area contributed by atoms with Gasteiger partial charge in [0, 0.05) is 18.8 Å². The van der Waals surface area contributed by atoms with Gasteiger partial charge in [-0.3, -0.25) is 9.59 Å². The van der Waals surface area contributed by atoms with Crippen LogP contribution < -0.4 is 10.6 Å². The third-order valence-corrected chi connectivity index (χ3v) is 5.39. The Morgan fingerprint density at radius 1 is 1.31 bits per heavy atom. The molecule has 0 saturated carbocycles. The standard InChI is InChI=1S/C18H19N5O2S/c24-15(13-5-3-9-26-13)17-22-14-12(6-8-20-16(14)23-17)18(25)21-10-11-4-1-2-7-19-11/h3,5-6,8-9,11,19H,1-2,4,7,10H2,(H,21,25)(H,20,22,23). The Morgan fingerprint density at radius 2 is 2.23 bits per heavy atom. The predicted molar refractivity (Wildman–Crippen MR) is 99.6 cm³/mol. The minimum absolute atomic E-state index is 0.191. The highest BCUT2D eigenvalue weighted by Crippen LogP contribution is 2.18. The van der Waals surface area contributed by atoms with Gasteiger partial charge in [0.15, 0.2) is 11.5 Å². The van der Waals surface area contributed by atoms with Gasteiger partial charge in [-0.25, -0.2) is 9.97 Å². The van der Waals surface area contributed by atoms with E-state index in [0.29, 0.717) is 34.2 Å². The van der Waals surface area contributed by atoms with Crippen molar-refractivity contribution in [3.63, 3.8) is 0 Å². The second-order valence-electron chi connectivity index (χ2n) is 6.31. The summed E-state index contributed by atoms with van der Waals surface area (Å²) >= 11 is 1.35. The maximum atomic E-state index is 12.6. The molecule has 8 heteroatoms. The maximum Gasteiger partial charge on any atom is 0.253 e. The molecule has 1 aliphatic heterocycles. The van der Waals surface area contributed by atoms with Gasteiger partial charge in [-0.2, -0.15) is 0 Å². The maximum absolute atomic E-state index is 12.6. The van der Waals surface area contributed by atoms with Crippen LogP contribution in [0, 0.1) is 0 Å². The topological polar surface area (TPSA) is 99.8 Å². The van der Waals surface area contributed by atoms with Crippen LogP contribution in [0.25, 0.3) is 11.2 Å². The largest absolute Gasteiger partial charge is 0.350 e. The summed E-state index contributed by atoms with van der Waals surface area (Å²) in [6.07, 6.45) is 4.97. The Hall–Kier alpha value is -2.58. The fraction of sp³-hybridized carbons (Fsp3) is 0.333. The van der Waals surface area contributed by atoms with Crippen LogP contribution in [-0.4, -0.2) is 45.8 Å². The number of thiophene rings is 1. The van der Waals surface area contributed by atoms with E-state index in [0.717, 1.165) is 13.0 Å². The molecule has 4 rings (SSSR count). The number of carbonyl (C=O) groups excluding carboxylic acids is 2. The molecular formula is C18H19N5O2S. The lowest BCUT2D eigenvalue weighted by atomic mass is 10.1. The van der Waals surface area contributed by atoms with Crippen molar-refractivity contribution in [2.75, 3.05) is 13.1 Å². The number of nitrogens with zero attached hydrogens (tertiary/aromatic N) is 2. The van der Waals surface area contributed by atoms with E-state index in [4.69, 9.17) is 0 Å². The van der Waals surface area contributed by atoms with Crippen LogP contribution in [0.1, 0.15) is 45.1 Å². The molecule has 1 fully saturated rings. The van der Waals surface area contributed by atoms with Gasteiger partial charge in [0.25, 0.3) is 5.91 Å². The van der Waals surface area contributed by atoms with Crippen molar-refractivity contribution in [3.05, 3.63) is 46.0 Å². The third kappa shape index (κ3) is 3.38. The van der Waals surface area contributed by atoms with Gasteiger partial charge in [-0.05, 0) is 36.9 Å². The molecule has 0 spiro atoms. The molecule has 1 amide bonds. The van der Waals surface area contributed by atoms with E-state index in [1.807, 2.05) is 11.4 Å². The first-order valence-corrected chi connectivity index (χ1v) is 9.55. The molecule has 0 radical (unpaired) electrons. The average molecular weight is 369 g/mol. The Kier molecular flexibility index (Phi) is 4.77. The zero-order chi connectivity index (χ0) is 17.9. The van der Waals surface area contributed by atoms with Crippen LogP contribution in [-0.2, 0) is 0 Å². The van der Waals surface area contributed by atoms with Crippen LogP contribution in [0.2, 0.25) is 0 Å². The summed E-state index contributed by atoms with van der Waals surface area (Å²) in [7, 11) is 0.